The molecule has 9 aromatic rings. The lowest BCUT2D eigenvalue weighted by molar-refractivity contribution is 0.409. The molecule has 0 unspecified atom stereocenters. The van der Waals surface area contributed by atoms with Crippen LogP contribution in [0.25, 0.3) is 21.5 Å². The van der Waals surface area contributed by atoms with E-state index in [2.05, 4.69) is 373 Å². The average molecular weight is 1610 g/mol. The first-order chi connectivity index (χ1) is 53.4. The molecule has 4 heterocycles. The minimum Gasteiger partial charge on any atom is -0.472 e. The summed E-state index contributed by atoms with van der Waals surface area (Å²) in [6, 6.07) is 53.3. The van der Waals surface area contributed by atoms with Gasteiger partial charge in [0, 0.05) is 10.3 Å². The molecule has 0 N–H and O–H groups in total. The van der Waals surface area contributed by atoms with Crippen molar-refractivity contribution in [3.05, 3.63) is 273 Å². The van der Waals surface area contributed by atoms with Gasteiger partial charge >= 0.3 is 0 Å². The second kappa shape index (κ2) is 70.7. The molecule has 114 heavy (non-hydrogen) atoms. The highest BCUT2D eigenvalue weighted by molar-refractivity contribution is 7.10. The van der Waals surface area contributed by atoms with Crippen molar-refractivity contribution in [1.82, 2.24) is 0 Å². The Bertz CT molecular complexity index is 3380. The smallest absolute Gasteiger partial charge is 0.109 e. The van der Waals surface area contributed by atoms with Gasteiger partial charge in [-0.1, -0.05) is 503 Å². The Kier molecular flexibility index (Phi) is 78.0. The van der Waals surface area contributed by atoms with Crippen molar-refractivity contribution >= 4 is 44.2 Å². The van der Waals surface area contributed by atoms with E-state index in [0.717, 1.165) is 18.6 Å². The molecule has 0 saturated heterocycles. The highest BCUT2D eigenvalue weighted by atomic mass is 32.1. The fourth-order valence-corrected chi connectivity index (χ4v) is 11.0. The Balaban J connectivity index is -0.000000151. The summed E-state index contributed by atoms with van der Waals surface area (Å²) in [5.41, 5.74) is 12.5. The molecule has 2 nitrogen and oxygen atoms in total. The largest absolute Gasteiger partial charge is 0.472 e. The van der Waals surface area contributed by atoms with Crippen LogP contribution in [0.2, 0.25) is 0 Å². The molecule has 0 aliphatic heterocycles. The van der Waals surface area contributed by atoms with Gasteiger partial charge in [0.05, 0.1) is 18.8 Å². The maximum Gasteiger partial charge on any atom is 0.109 e. The van der Waals surface area contributed by atoms with E-state index in [0.29, 0.717) is 27.1 Å². The minimum absolute atomic E-state index is 0.156. The molecule has 2 aliphatic rings. The van der Waals surface area contributed by atoms with Crippen LogP contribution < -0.4 is 0 Å². The number of rotatable bonds is 0. The van der Waals surface area contributed by atoms with Crippen molar-refractivity contribution in [2.24, 2.45) is 10.8 Å². The Morgan fingerprint density at radius 3 is 1.07 bits per heavy atom. The highest BCUT2D eigenvalue weighted by Crippen LogP contribution is 2.34. The van der Waals surface area contributed by atoms with Gasteiger partial charge in [-0.2, -0.15) is 11.3 Å². The van der Waals surface area contributed by atoms with Crippen molar-refractivity contribution in [2.75, 3.05) is 0 Å². The number of allylic oxidation sites excluding steroid dienone is 8. The lowest BCUT2D eigenvalue weighted by Crippen LogP contribution is -2.11. The molecule has 0 amide bonds. The minimum atomic E-state index is 0.156. The first kappa shape index (κ1) is 126. The average Bonchev–Trinajstić information content (AvgIpc) is 1.40. The third kappa shape index (κ3) is 60.1. The van der Waals surface area contributed by atoms with Crippen LogP contribution in [0.4, 0.5) is 0 Å². The molecule has 0 spiro atoms. The van der Waals surface area contributed by atoms with Gasteiger partial charge < -0.3 is 8.83 Å². The number of furan rings is 2. The van der Waals surface area contributed by atoms with Gasteiger partial charge in [-0.25, -0.2) is 0 Å². The fraction of sp³-hybridized carbons (Fsp3) is 0.545. The van der Waals surface area contributed by atoms with Crippen molar-refractivity contribution in [2.45, 2.75) is 390 Å². The van der Waals surface area contributed by atoms with Gasteiger partial charge in [0.15, 0.2) is 0 Å². The summed E-state index contributed by atoms with van der Waals surface area (Å²) >= 11 is 3.60. The van der Waals surface area contributed by atoms with Crippen LogP contribution in [0.1, 0.15) is 391 Å². The van der Waals surface area contributed by atoms with Gasteiger partial charge in [0.25, 0.3) is 0 Å². The van der Waals surface area contributed by atoms with Gasteiger partial charge in [0.2, 0.25) is 0 Å². The van der Waals surface area contributed by atoms with Gasteiger partial charge in [-0.15, -0.1) is 11.3 Å². The zero-order chi connectivity index (χ0) is 91.4. The van der Waals surface area contributed by atoms with Crippen molar-refractivity contribution in [1.29, 1.82) is 0 Å². The number of fused-ring (bicyclic) bond motifs is 2. The Hall–Kier alpha value is -6.46. The van der Waals surface area contributed by atoms with Crippen molar-refractivity contribution in [3.63, 3.8) is 0 Å². The summed E-state index contributed by atoms with van der Waals surface area (Å²) in [5.74, 6) is 1.04. The molecule has 652 valence electrons. The van der Waals surface area contributed by atoms with E-state index in [9.17, 15) is 0 Å². The number of benzene rings is 5. The topological polar surface area (TPSA) is 26.3 Å². The van der Waals surface area contributed by atoms with Crippen LogP contribution >= 0.6 is 22.7 Å². The maximum atomic E-state index is 5.20. The van der Waals surface area contributed by atoms with Crippen LogP contribution in [-0.4, -0.2) is 0 Å². The third-order valence-corrected chi connectivity index (χ3v) is 17.5. The molecule has 4 heteroatoms. The number of hydrogen-bond donors (Lipinski definition) is 0. The molecule has 4 aromatic heterocycles. The van der Waals surface area contributed by atoms with E-state index in [1.807, 2.05) is 182 Å². The second-order valence-electron chi connectivity index (χ2n) is 33.3. The predicted octanol–water partition coefficient (Wildman–Crippen LogP) is 39.6. The summed E-state index contributed by atoms with van der Waals surface area (Å²) in [6.45, 7) is 104. The molecule has 0 radical (unpaired) electrons. The Labute approximate surface area is 721 Å². The molecular formula is C110H188O2S2. The standard InChI is InChI=1S/2C14H16.C10H14.2C9H14.2C8H12O.2C8H12S.11C2H6/c1-14(2,3)13-10-6-8-11-7-4-5-9-12(11)13;1-14(2,3)13-9-8-11-6-4-5-7-12(11)10-13;1-10(2,3)9-7-5-4-6-8-9;2*1-9(2,3)8-6-4-5-7-8;1-8(2,3)7-4-5-9-6-7;1-8(2,3)7-5-4-6-9-7;1-8(2,3)7-4-5-9-6-7;1-8(2,3)7-5-4-6-9-7;11*1-2/h2*4-10H,1-3H3;4-8H,1-3H3;4,6-7H,5H2,1-3H3;4-6H,7H2,1-3H3;4*4-6H,1-3H3;11*1-2H3. The van der Waals surface area contributed by atoms with E-state index in [1.165, 1.54) is 59.8 Å². The SMILES string of the molecule is CC.CC.CC.CC.CC.CC.CC.CC.CC.CC.CC.CC(C)(C)C1=CC=CC1.CC(C)(C)C1=CCC=C1.CC(C)(C)c1ccc2ccccc2c1.CC(C)(C)c1cccc2ccccc12.CC(C)(C)c1ccccc1.CC(C)(C)c1ccco1.CC(C)(C)c1cccs1.CC(C)(C)c1ccoc1.CC(C)(C)c1ccsc1. The summed E-state index contributed by atoms with van der Waals surface area (Å²) in [7, 11) is 0. The third-order valence-electron chi connectivity index (χ3n) is 15.5. The van der Waals surface area contributed by atoms with E-state index in [1.54, 1.807) is 35.7 Å². The van der Waals surface area contributed by atoms with Crippen LogP contribution in [0, 0.1) is 10.8 Å². The van der Waals surface area contributed by atoms with E-state index < -0.39 is 0 Å². The van der Waals surface area contributed by atoms with Crippen molar-refractivity contribution < 1.29 is 8.83 Å². The summed E-state index contributed by atoms with van der Waals surface area (Å²) in [5, 5.41) is 11.8. The lowest BCUT2D eigenvalue weighted by atomic mass is 9.84. The molecule has 0 bridgehead atoms. The molecule has 11 rings (SSSR count). The quantitative estimate of drug-likeness (QED) is 0.151. The Morgan fingerprint density at radius 1 is 0.316 bits per heavy atom. The lowest BCUT2D eigenvalue weighted by Gasteiger charge is -2.21. The fourth-order valence-electron chi connectivity index (χ4n) is 9.28. The van der Waals surface area contributed by atoms with Crippen LogP contribution in [0.15, 0.2) is 243 Å². The predicted molar refractivity (Wildman–Crippen MR) is 539 cm³/mol. The molecular weight excluding hydrogens is 1420 g/mol. The van der Waals surface area contributed by atoms with Gasteiger partial charge in [-0.05, 0) is 158 Å². The van der Waals surface area contributed by atoms with Crippen LogP contribution in [0.3, 0.4) is 0 Å². The number of hydrogen-bond acceptors (Lipinski definition) is 4. The van der Waals surface area contributed by atoms with E-state index in [-0.39, 0.29) is 21.7 Å². The monoisotopic (exact) mass is 1610 g/mol. The normalized spacial score (nSPS) is 11.2. The van der Waals surface area contributed by atoms with Crippen LogP contribution in [0.5, 0.6) is 0 Å². The van der Waals surface area contributed by atoms with E-state index >= 15 is 0 Å². The zero-order valence-electron chi connectivity index (χ0n) is 84.4. The molecule has 0 saturated carbocycles. The van der Waals surface area contributed by atoms with Gasteiger partial charge in [0.1, 0.15) is 5.76 Å². The second-order valence-corrected chi connectivity index (χ2v) is 35.0. The maximum absolute atomic E-state index is 5.20. The number of thiophene rings is 2. The first-order valence-corrected chi connectivity index (χ1v) is 46.1. The highest BCUT2D eigenvalue weighted by Gasteiger charge is 2.20. The van der Waals surface area contributed by atoms with Crippen molar-refractivity contribution in [3.8, 4) is 0 Å². The van der Waals surface area contributed by atoms with Crippen LogP contribution in [-0.2, 0) is 37.9 Å². The zero-order valence-corrected chi connectivity index (χ0v) is 86.0. The van der Waals surface area contributed by atoms with Gasteiger partial charge in [-0.3, -0.25) is 0 Å². The molecule has 0 atom stereocenters. The summed E-state index contributed by atoms with van der Waals surface area (Å²) in [6.07, 6.45) is 20.8. The molecule has 5 aromatic carbocycles. The summed E-state index contributed by atoms with van der Waals surface area (Å²) in [4.78, 5) is 1.46. The molecule has 2 aliphatic carbocycles. The van der Waals surface area contributed by atoms with E-state index in [4.69, 9.17) is 8.83 Å². The Morgan fingerprint density at radius 2 is 0.781 bits per heavy atom. The summed E-state index contributed by atoms with van der Waals surface area (Å²) < 4.78 is 10.1. The molecule has 0 fully saturated rings. The first-order valence-electron chi connectivity index (χ1n) is 44.3.